The molecular weight excluding hydrogens is 108 g/mol. The Kier molecular flexibility index (Phi) is 5.43. The summed E-state index contributed by atoms with van der Waals surface area (Å²) in [5.41, 5.74) is 0. The minimum absolute atomic E-state index is 0.497. The van der Waals surface area contributed by atoms with Crippen molar-refractivity contribution in [3.8, 4) is 0 Å². The molecule has 2 nitrogen and oxygen atoms in total. The van der Waals surface area contributed by atoms with Crippen molar-refractivity contribution in [2.24, 2.45) is 0 Å². The summed E-state index contributed by atoms with van der Waals surface area (Å²) >= 11 is 0. The minimum atomic E-state index is 0.497. The molecule has 0 N–H and O–H groups in total. The fourth-order valence-corrected chi connectivity index (χ4v) is 0.564. The molecule has 0 aromatic rings. The van der Waals surface area contributed by atoms with Gasteiger partial charge in [-0.3, -0.25) is 4.79 Å². The molecule has 3 heteroatoms. The molecule has 0 aromatic heterocycles. The molecule has 0 bridgehead atoms. The normalized spacial score (nSPS) is 8.57. The van der Waals surface area contributed by atoms with E-state index < -0.39 is 0 Å². The van der Waals surface area contributed by atoms with E-state index in [4.69, 9.17) is 0 Å². The molecule has 0 amide bonds. The Morgan fingerprint density at radius 1 is 1.71 bits per heavy atom. The monoisotopic (exact) mass is 118 g/mol. The number of rotatable bonds is 4. The predicted octanol–water partition coefficient (Wildman–Crippen LogP) is -0.667. The van der Waals surface area contributed by atoms with Crippen LogP contribution >= 0.6 is 0 Å². The highest BCUT2D eigenvalue weighted by molar-refractivity contribution is 6.08. The quantitative estimate of drug-likeness (QED) is 0.278. The van der Waals surface area contributed by atoms with Crippen LogP contribution in [0.2, 0.25) is 6.04 Å². The SMILES string of the molecule is O=COCCC[SiH3]. The molecule has 0 aliphatic carbocycles. The Morgan fingerprint density at radius 2 is 2.43 bits per heavy atom. The first-order valence-electron chi connectivity index (χ1n) is 2.47. The first-order valence-corrected chi connectivity index (χ1v) is 3.88. The fraction of sp³-hybridized carbons (Fsp3) is 0.750. The zero-order chi connectivity index (χ0) is 5.54. The standard InChI is InChI=1S/C4H10O2Si/c5-4-6-2-1-3-7/h4H,1-3H2,7H3. The van der Waals surface area contributed by atoms with Crippen molar-refractivity contribution >= 4 is 16.7 Å². The number of ether oxygens (including phenoxy) is 1. The van der Waals surface area contributed by atoms with E-state index in [0.717, 1.165) is 6.42 Å². The minimum Gasteiger partial charge on any atom is -0.468 e. The smallest absolute Gasteiger partial charge is 0.293 e. The van der Waals surface area contributed by atoms with Crippen LogP contribution in [0, 0.1) is 0 Å². The van der Waals surface area contributed by atoms with Gasteiger partial charge in [0.1, 0.15) is 0 Å². The van der Waals surface area contributed by atoms with E-state index in [1.807, 2.05) is 0 Å². The maximum Gasteiger partial charge on any atom is 0.293 e. The van der Waals surface area contributed by atoms with Gasteiger partial charge in [-0.25, -0.2) is 0 Å². The van der Waals surface area contributed by atoms with Crippen LogP contribution in [0.3, 0.4) is 0 Å². The average Bonchev–Trinajstić information content (AvgIpc) is 1.69. The van der Waals surface area contributed by atoms with Gasteiger partial charge in [0.05, 0.1) is 6.61 Å². The van der Waals surface area contributed by atoms with Gasteiger partial charge in [0.25, 0.3) is 6.47 Å². The second kappa shape index (κ2) is 5.69. The van der Waals surface area contributed by atoms with Gasteiger partial charge in [-0.1, -0.05) is 6.04 Å². The van der Waals surface area contributed by atoms with Crippen LogP contribution in [0.1, 0.15) is 6.42 Å². The molecule has 0 aromatic carbocycles. The molecule has 7 heavy (non-hydrogen) atoms. The molecule has 42 valence electrons. The lowest BCUT2D eigenvalue weighted by atomic mass is 10.5. The Balaban J connectivity index is 2.56. The summed E-state index contributed by atoms with van der Waals surface area (Å²) in [6, 6.07) is 1.22. The third kappa shape index (κ3) is 5.69. The lowest BCUT2D eigenvalue weighted by Gasteiger charge is -1.90. The molecular formula is C4H10O2Si. The van der Waals surface area contributed by atoms with Crippen molar-refractivity contribution < 1.29 is 9.53 Å². The van der Waals surface area contributed by atoms with E-state index in [-0.39, 0.29) is 0 Å². The van der Waals surface area contributed by atoms with Crippen molar-refractivity contribution in [1.82, 2.24) is 0 Å². The maximum absolute atomic E-state index is 9.47. The highest BCUT2D eigenvalue weighted by Gasteiger charge is 1.78. The molecule has 0 saturated heterocycles. The van der Waals surface area contributed by atoms with Crippen LogP contribution in [0.4, 0.5) is 0 Å². The molecule has 0 fully saturated rings. The second-order valence-corrected chi connectivity index (χ2v) is 2.32. The van der Waals surface area contributed by atoms with E-state index in [1.165, 1.54) is 16.3 Å². The van der Waals surface area contributed by atoms with E-state index in [2.05, 4.69) is 4.74 Å². The van der Waals surface area contributed by atoms with Crippen LogP contribution in [-0.4, -0.2) is 23.3 Å². The summed E-state index contributed by atoms with van der Waals surface area (Å²) in [6.45, 7) is 1.10. The zero-order valence-electron chi connectivity index (χ0n) is 4.52. The summed E-state index contributed by atoms with van der Waals surface area (Å²) < 4.78 is 4.42. The topological polar surface area (TPSA) is 26.3 Å². The summed E-state index contributed by atoms with van der Waals surface area (Å²) in [5, 5.41) is 0. The van der Waals surface area contributed by atoms with Crippen molar-refractivity contribution in [3.63, 3.8) is 0 Å². The zero-order valence-corrected chi connectivity index (χ0v) is 6.52. The number of hydrogen-bond donors (Lipinski definition) is 0. The molecule has 0 atom stereocenters. The highest BCUT2D eigenvalue weighted by Crippen LogP contribution is 1.81. The molecule has 0 saturated carbocycles. The third-order valence-corrected chi connectivity index (χ3v) is 1.39. The van der Waals surface area contributed by atoms with Crippen molar-refractivity contribution in [1.29, 1.82) is 0 Å². The number of hydrogen-bond acceptors (Lipinski definition) is 2. The van der Waals surface area contributed by atoms with Crippen LogP contribution < -0.4 is 0 Å². The van der Waals surface area contributed by atoms with Gasteiger partial charge in [-0.05, 0) is 6.42 Å². The van der Waals surface area contributed by atoms with Gasteiger partial charge >= 0.3 is 0 Å². The molecule has 0 radical (unpaired) electrons. The number of carbonyl (C=O) groups is 1. The third-order valence-electron chi connectivity index (χ3n) is 0.684. The first-order chi connectivity index (χ1) is 3.41. The van der Waals surface area contributed by atoms with Crippen LogP contribution in [0.15, 0.2) is 0 Å². The van der Waals surface area contributed by atoms with Gasteiger partial charge in [-0.2, -0.15) is 0 Å². The lowest BCUT2D eigenvalue weighted by Crippen LogP contribution is -1.89. The predicted molar refractivity (Wildman–Crippen MR) is 31.4 cm³/mol. The van der Waals surface area contributed by atoms with Gasteiger partial charge < -0.3 is 4.74 Å². The molecule has 0 aliphatic heterocycles. The second-order valence-electron chi connectivity index (χ2n) is 1.32. The molecule has 0 heterocycles. The van der Waals surface area contributed by atoms with E-state index in [1.54, 1.807) is 0 Å². The van der Waals surface area contributed by atoms with Gasteiger partial charge in [0.15, 0.2) is 0 Å². The Bertz CT molecular complexity index is 47.0. The van der Waals surface area contributed by atoms with Crippen LogP contribution in [-0.2, 0) is 9.53 Å². The molecule has 0 rings (SSSR count). The van der Waals surface area contributed by atoms with E-state index >= 15 is 0 Å². The van der Waals surface area contributed by atoms with Gasteiger partial charge in [0, 0.05) is 10.2 Å². The maximum atomic E-state index is 9.47. The van der Waals surface area contributed by atoms with E-state index in [9.17, 15) is 4.79 Å². The van der Waals surface area contributed by atoms with Crippen molar-refractivity contribution in [3.05, 3.63) is 0 Å². The van der Waals surface area contributed by atoms with Crippen LogP contribution in [0.5, 0.6) is 0 Å². The average molecular weight is 118 g/mol. The Hall–Kier alpha value is -0.313. The van der Waals surface area contributed by atoms with Gasteiger partial charge in [-0.15, -0.1) is 0 Å². The van der Waals surface area contributed by atoms with Gasteiger partial charge in [0.2, 0.25) is 0 Å². The molecule has 0 aliphatic rings. The summed E-state index contributed by atoms with van der Waals surface area (Å²) in [6.07, 6.45) is 1.03. The Morgan fingerprint density at radius 3 is 2.86 bits per heavy atom. The van der Waals surface area contributed by atoms with Crippen molar-refractivity contribution in [2.45, 2.75) is 12.5 Å². The molecule has 0 unspecified atom stereocenters. The van der Waals surface area contributed by atoms with Crippen molar-refractivity contribution in [2.75, 3.05) is 6.61 Å². The summed E-state index contributed by atoms with van der Waals surface area (Å²) in [5.74, 6) is 0. The van der Waals surface area contributed by atoms with Crippen LogP contribution in [0.25, 0.3) is 0 Å². The lowest BCUT2D eigenvalue weighted by molar-refractivity contribution is -0.128. The van der Waals surface area contributed by atoms with E-state index in [0.29, 0.717) is 13.1 Å². The molecule has 0 spiro atoms. The first kappa shape index (κ1) is 6.69. The number of carbonyl (C=O) groups excluding carboxylic acids is 1. The summed E-state index contributed by atoms with van der Waals surface area (Å²) in [4.78, 5) is 9.47. The fourth-order valence-electron chi connectivity index (χ4n) is 0.276. The highest BCUT2D eigenvalue weighted by atomic mass is 28.1. The summed E-state index contributed by atoms with van der Waals surface area (Å²) in [7, 11) is 1.21. The largest absolute Gasteiger partial charge is 0.468 e. The Labute approximate surface area is 46.3 Å².